The van der Waals surface area contributed by atoms with E-state index in [4.69, 9.17) is 4.74 Å². The molecule has 1 aliphatic rings. The third kappa shape index (κ3) is 2.32. The molecule has 0 aliphatic carbocycles. The Morgan fingerprint density at radius 3 is 2.65 bits per heavy atom. The van der Waals surface area contributed by atoms with Gasteiger partial charge in [-0.1, -0.05) is 42.5 Å². The second kappa shape index (κ2) is 5.68. The molecule has 0 saturated carbocycles. The minimum atomic E-state index is 0.334. The van der Waals surface area contributed by atoms with Crippen molar-refractivity contribution in [3.05, 3.63) is 65.2 Å². The Bertz CT molecular complexity index is 593. The highest BCUT2D eigenvalue weighted by molar-refractivity contribution is 5.41. The number of rotatable bonds is 3. The maximum Gasteiger partial charge on any atom is 0.122 e. The number of para-hydroxylation sites is 1. The van der Waals surface area contributed by atoms with E-state index in [1.54, 1.807) is 0 Å². The summed E-state index contributed by atoms with van der Waals surface area (Å²) in [5.74, 6) is 1.50. The van der Waals surface area contributed by atoms with Crippen molar-refractivity contribution in [3.8, 4) is 5.75 Å². The highest BCUT2D eigenvalue weighted by atomic mass is 16.5. The van der Waals surface area contributed by atoms with Gasteiger partial charge in [-0.05, 0) is 43.1 Å². The zero-order valence-electron chi connectivity index (χ0n) is 12.1. The Balaban J connectivity index is 2.01. The molecule has 1 aliphatic heterocycles. The highest BCUT2D eigenvalue weighted by Gasteiger charge is 2.29. The minimum absolute atomic E-state index is 0.334. The maximum absolute atomic E-state index is 5.79. The number of aryl methyl sites for hydroxylation is 1. The van der Waals surface area contributed by atoms with Crippen molar-refractivity contribution in [2.75, 3.05) is 13.7 Å². The summed E-state index contributed by atoms with van der Waals surface area (Å²) < 4.78 is 5.79. The van der Waals surface area contributed by atoms with Gasteiger partial charge < -0.3 is 10.1 Å². The lowest BCUT2D eigenvalue weighted by molar-refractivity contribution is 0.248. The zero-order chi connectivity index (χ0) is 13.9. The fraction of sp³-hybridized carbons (Fsp3) is 0.333. The molecule has 104 valence electrons. The normalized spacial score (nSPS) is 19.0. The van der Waals surface area contributed by atoms with Gasteiger partial charge in [0.1, 0.15) is 5.75 Å². The van der Waals surface area contributed by atoms with Crippen molar-refractivity contribution >= 4 is 0 Å². The van der Waals surface area contributed by atoms with Crippen molar-refractivity contribution in [2.45, 2.75) is 25.3 Å². The van der Waals surface area contributed by atoms with Gasteiger partial charge in [0, 0.05) is 12.0 Å². The van der Waals surface area contributed by atoms with E-state index in [0.717, 1.165) is 18.8 Å². The second-order valence-corrected chi connectivity index (χ2v) is 5.40. The molecule has 0 spiro atoms. The van der Waals surface area contributed by atoms with Crippen molar-refractivity contribution in [1.82, 2.24) is 5.32 Å². The Morgan fingerprint density at radius 1 is 1.10 bits per heavy atom. The number of nitrogens with one attached hydrogen (secondary N) is 1. The van der Waals surface area contributed by atoms with E-state index in [1.165, 1.54) is 16.7 Å². The highest BCUT2D eigenvalue weighted by Crippen LogP contribution is 2.41. The third-order valence-corrected chi connectivity index (χ3v) is 4.24. The summed E-state index contributed by atoms with van der Waals surface area (Å²) in [6.45, 7) is 2.98. The van der Waals surface area contributed by atoms with Crippen LogP contribution in [0.25, 0.3) is 0 Å². The maximum atomic E-state index is 5.79. The lowest BCUT2D eigenvalue weighted by atomic mass is 9.82. The molecule has 1 N–H and O–H groups in total. The summed E-state index contributed by atoms with van der Waals surface area (Å²) in [6.07, 6.45) is 1.05. The molecule has 2 aromatic carbocycles. The van der Waals surface area contributed by atoms with E-state index in [2.05, 4.69) is 61.8 Å². The number of hydrogen-bond donors (Lipinski definition) is 1. The van der Waals surface area contributed by atoms with Crippen LogP contribution in [0, 0.1) is 6.92 Å². The molecule has 0 aromatic heterocycles. The molecule has 2 heteroatoms. The molecule has 2 aromatic rings. The molecular formula is C18H21NO. The third-order valence-electron chi connectivity index (χ3n) is 4.24. The van der Waals surface area contributed by atoms with Gasteiger partial charge in [-0.3, -0.25) is 0 Å². The summed E-state index contributed by atoms with van der Waals surface area (Å²) in [6, 6.07) is 17.4. The minimum Gasteiger partial charge on any atom is -0.493 e. The van der Waals surface area contributed by atoms with Crippen LogP contribution >= 0.6 is 0 Å². The first-order chi connectivity index (χ1) is 9.81. The van der Waals surface area contributed by atoms with Gasteiger partial charge in [-0.2, -0.15) is 0 Å². The van der Waals surface area contributed by atoms with E-state index < -0.39 is 0 Å². The largest absolute Gasteiger partial charge is 0.493 e. The van der Waals surface area contributed by atoms with Crippen LogP contribution in [0.2, 0.25) is 0 Å². The molecule has 0 saturated heterocycles. The summed E-state index contributed by atoms with van der Waals surface area (Å²) in [4.78, 5) is 0. The van der Waals surface area contributed by atoms with Crippen molar-refractivity contribution in [2.24, 2.45) is 0 Å². The van der Waals surface area contributed by atoms with Gasteiger partial charge in [0.25, 0.3) is 0 Å². The monoisotopic (exact) mass is 267 g/mol. The first kappa shape index (κ1) is 13.2. The zero-order valence-corrected chi connectivity index (χ0v) is 12.1. The molecule has 3 rings (SSSR count). The first-order valence-electron chi connectivity index (χ1n) is 7.26. The van der Waals surface area contributed by atoms with E-state index >= 15 is 0 Å². The van der Waals surface area contributed by atoms with Gasteiger partial charge in [0.15, 0.2) is 0 Å². The van der Waals surface area contributed by atoms with Crippen molar-refractivity contribution in [1.29, 1.82) is 0 Å². The molecule has 2 nitrogen and oxygen atoms in total. The molecule has 0 radical (unpaired) electrons. The molecule has 2 unspecified atom stereocenters. The number of fused-ring (bicyclic) bond motifs is 1. The van der Waals surface area contributed by atoms with Gasteiger partial charge >= 0.3 is 0 Å². The molecular weight excluding hydrogens is 246 g/mol. The van der Waals surface area contributed by atoms with E-state index in [9.17, 15) is 0 Å². The average molecular weight is 267 g/mol. The number of ether oxygens (including phenoxy) is 1. The van der Waals surface area contributed by atoms with Crippen LogP contribution in [0.15, 0.2) is 48.5 Å². The van der Waals surface area contributed by atoms with Crippen LogP contribution in [0.5, 0.6) is 5.75 Å². The standard InChI is InChI=1S/C18H21NO/c1-13-7-3-4-8-14(13)18(19-2)16-11-12-20-17-10-6-5-9-15(16)17/h3-10,16,18-19H,11-12H2,1-2H3. The van der Waals surface area contributed by atoms with Crippen LogP contribution in [0.3, 0.4) is 0 Å². The Hall–Kier alpha value is -1.80. The topological polar surface area (TPSA) is 21.3 Å². The van der Waals surface area contributed by atoms with Crippen LogP contribution in [-0.4, -0.2) is 13.7 Å². The quantitative estimate of drug-likeness (QED) is 0.912. The molecule has 0 bridgehead atoms. The van der Waals surface area contributed by atoms with E-state index in [-0.39, 0.29) is 0 Å². The summed E-state index contributed by atoms with van der Waals surface area (Å²) in [7, 11) is 2.05. The molecule has 0 amide bonds. The van der Waals surface area contributed by atoms with Gasteiger partial charge in [-0.15, -0.1) is 0 Å². The van der Waals surface area contributed by atoms with E-state index in [0.29, 0.717) is 12.0 Å². The van der Waals surface area contributed by atoms with Crippen molar-refractivity contribution < 1.29 is 4.74 Å². The molecule has 20 heavy (non-hydrogen) atoms. The van der Waals surface area contributed by atoms with Gasteiger partial charge in [0.2, 0.25) is 0 Å². The smallest absolute Gasteiger partial charge is 0.122 e. The van der Waals surface area contributed by atoms with Crippen LogP contribution in [0.4, 0.5) is 0 Å². The Labute approximate surface area is 120 Å². The number of likely N-dealkylation sites (N-methyl/N-ethyl adjacent to an activating group) is 1. The fourth-order valence-corrected chi connectivity index (χ4v) is 3.23. The molecule has 1 heterocycles. The number of hydrogen-bond acceptors (Lipinski definition) is 2. The first-order valence-corrected chi connectivity index (χ1v) is 7.26. The molecule has 0 fully saturated rings. The summed E-state index contributed by atoms with van der Waals surface area (Å²) >= 11 is 0. The predicted octanol–water partition coefficient (Wildman–Crippen LogP) is 3.82. The average Bonchev–Trinajstić information content (AvgIpc) is 2.50. The van der Waals surface area contributed by atoms with Gasteiger partial charge in [0.05, 0.1) is 6.61 Å². The van der Waals surface area contributed by atoms with Crippen LogP contribution in [-0.2, 0) is 0 Å². The summed E-state index contributed by atoms with van der Waals surface area (Å²) in [5.41, 5.74) is 4.05. The lowest BCUT2D eigenvalue weighted by Gasteiger charge is -2.33. The number of benzene rings is 2. The van der Waals surface area contributed by atoms with Crippen LogP contribution in [0.1, 0.15) is 35.1 Å². The van der Waals surface area contributed by atoms with Gasteiger partial charge in [-0.25, -0.2) is 0 Å². The Morgan fingerprint density at radius 2 is 1.85 bits per heavy atom. The predicted molar refractivity (Wildman–Crippen MR) is 82.3 cm³/mol. The van der Waals surface area contributed by atoms with Crippen LogP contribution < -0.4 is 10.1 Å². The second-order valence-electron chi connectivity index (χ2n) is 5.40. The Kier molecular flexibility index (Phi) is 3.75. The summed E-state index contributed by atoms with van der Waals surface area (Å²) in [5, 5.41) is 3.51. The van der Waals surface area contributed by atoms with E-state index in [1.807, 2.05) is 6.07 Å². The van der Waals surface area contributed by atoms with Crippen molar-refractivity contribution in [3.63, 3.8) is 0 Å². The fourth-order valence-electron chi connectivity index (χ4n) is 3.23. The molecule has 2 atom stereocenters. The lowest BCUT2D eigenvalue weighted by Crippen LogP contribution is -2.28. The SMILES string of the molecule is CNC(c1ccccc1C)C1CCOc2ccccc21.